The standard InChI is InChI=1S/C14H14Cl2FN5O/c1-8(17)2-3-9-6-10-13(19-7-11-18-4-5-23-11)20-14(16)21-22(10)12(9)15/h4-6,8H,2-3,7H2,1H3,(H,19,20,21). The van der Waals surface area contributed by atoms with Crippen molar-refractivity contribution in [1.29, 1.82) is 0 Å². The molecule has 0 saturated heterocycles. The Balaban J connectivity index is 1.92. The Morgan fingerprint density at radius 1 is 1.43 bits per heavy atom. The SMILES string of the molecule is CC(F)CCc1cc2c(NCc3ncco3)nc(Cl)nn2c1Cl. The highest BCUT2D eigenvalue weighted by atomic mass is 35.5. The highest BCUT2D eigenvalue weighted by Gasteiger charge is 2.16. The molecule has 23 heavy (non-hydrogen) atoms. The Morgan fingerprint density at radius 3 is 2.96 bits per heavy atom. The van der Waals surface area contributed by atoms with Gasteiger partial charge in [-0.2, -0.15) is 4.98 Å². The number of hydrogen-bond donors (Lipinski definition) is 1. The average Bonchev–Trinajstić information content (AvgIpc) is 3.12. The van der Waals surface area contributed by atoms with E-state index in [0.29, 0.717) is 41.8 Å². The zero-order valence-electron chi connectivity index (χ0n) is 12.3. The topological polar surface area (TPSA) is 68.2 Å². The highest BCUT2D eigenvalue weighted by Crippen LogP contribution is 2.27. The number of anilines is 1. The molecule has 1 unspecified atom stereocenters. The summed E-state index contributed by atoms with van der Waals surface area (Å²) in [4.78, 5) is 8.20. The smallest absolute Gasteiger partial charge is 0.243 e. The van der Waals surface area contributed by atoms with Gasteiger partial charge in [-0.25, -0.2) is 13.9 Å². The van der Waals surface area contributed by atoms with Gasteiger partial charge >= 0.3 is 0 Å². The fraction of sp³-hybridized carbons (Fsp3) is 0.357. The third-order valence-electron chi connectivity index (χ3n) is 3.32. The number of aromatic nitrogens is 4. The van der Waals surface area contributed by atoms with Crippen molar-refractivity contribution in [2.75, 3.05) is 5.32 Å². The van der Waals surface area contributed by atoms with Crippen LogP contribution in [0, 0.1) is 0 Å². The van der Waals surface area contributed by atoms with E-state index in [1.807, 2.05) is 6.07 Å². The Morgan fingerprint density at radius 2 is 2.26 bits per heavy atom. The van der Waals surface area contributed by atoms with Crippen LogP contribution in [0.5, 0.6) is 0 Å². The Labute approximate surface area is 141 Å². The van der Waals surface area contributed by atoms with Gasteiger partial charge in [0.25, 0.3) is 0 Å². The molecule has 6 nitrogen and oxygen atoms in total. The fourth-order valence-corrected chi connectivity index (χ4v) is 2.65. The van der Waals surface area contributed by atoms with Gasteiger partial charge in [-0.15, -0.1) is 5.10 Å². The van der Waals surface area contributed by atoms with E-state index < -0.39 is 6.17 Å². The lowest BCUT2D eigenvalue weighted by atomic mass is 10.1. The molecule has 122 valence electrons. The van der Waals surface area contributed by atoms with Crippen LogP contribution in [0.2, 0.25) is 10.4 Å². The van der Waals surface area contributed by atoms with Crippen LogP contribution in [0.3, 0.4) is 0 Å². The van der Waals surface area contributed by atoms with E-state index in [4.69, 9.17) is 27.6 Å². The molecule has 0 bridgehead atoms. The molecule has 3 aromatic rings. The number of aryl methyl sites for hydroxylation is 1. The van der Waals surface area contributed by atoms with Gasteiger partial charge in [0, 0.05) is 0 Å². The summed E-state index contributed by atoms with van der Waals surface area (Å²) in [6, 6.07) is 1.83. The largest absolute Gasteiger partial charge is 0.447 e. The first-order valence-corrected chi connectivity index (χ1v) is 7.80. The molecule has 9 heteroatoms. The molecule has 0 fully saturated rings. The van der Waals surface area contributed by atoms with Gasteiger partial charge in [0.05, 0.1) is 18.9 Å². The van der Waals surface area contributed by atoms with Crippen molar-refractivity contribution in [1.82, 2.24) is 19.6 Å². The average molecular weight is 358 g/mol. The number of nitrogens with one attached hydrogen (secondary N) is 1. The fourth-order valence-electron chi connectivity index (χ4n) is 2.21. The van der Waals surface area contributed by atoms with Gasteiger partial charge < -0.3 is 9.73 Å². The van der Waals surface area contributed by atoms with Crippen molar-refractivity contribution in [2.45, 2.75) is 32.5 Å². The number of halogens is 3. The number of fused-ring (bicyclic) bond motifs is 1. The van der Waals surface area contributed by atoms with E-state index in [0.717, 1.165) is 5.56 Å². The number of oxazole rings is 1. The number of hydrogen-bond acceptors (Lipinski definition) is 5. The highest BCUT2D eigenvalue weighted by molar-refractivity contribution is 6.31. The first-order chi connectivity index (χ1) is 11.0. The summed E-state index contributed by atoms with van der Waals surface area (Å²) >= 11 is 12.3. The predicted octanol–water partition coefficient (Wildman–Crippen LogP) is 3.93. The summed E-state index contributed by atoms with van der Waals surface area (Å²) in [5.41, 5.74) is 1.46. The van der Waals surface area contributed by atoms with Gasteiger partial charge in [-0.3, -0.25) is 0 Å². The van der Waals surface area contributed by atoms with Crippen LogP contribution < -0.4 is 5.32 Å². The van der Waals surface area contributed by atoms with Crippen LogP contribution in [0.25, 0.3) is 5.52 Å². The molecule has 0 radical (unpaired) electrons. The van der Waals surface area contributed by atoms with Gasteiger partial charge in [0.2, 0.25) is 11.2 Å². The van der Waals surface area contributed by atoms with E-state index >= 15 is 0 Å². The molecule has 3 heterocycles. The van der Waals surface area contributed by atoms with Crippen molar-refractivity contribution in [3.05, 3.63) is 40.4 Å². The van der Waals surface area contributed by atoms with Gasteiger partial charge in [-0.1, -0.05) is 11.6 Å². The lowest BCUT2D eigenvalue weighted by Crippen LogP contribution is -2.06. The van der Waals surface area contributed by atoms with E-state index in [2.05, 4.69) is 20.4 Å². The maximum atomic E-state index is 13.1. The molecule has 3 rings (SSSR count). The van der Waals surface area contributed by atoms with Crippen molar-refractivity contribution in [2.24, 2.45) is 0 Å². The van der Waals surface area contributed by atoms with Crippen LogP contribution in [0.15, 0.2) is 22.9 Å². The maximum absolute atomic E-state index is 13.1. The van der Waals surface area contributed by atoms with Crippen LogP contribution >= 0.6 is 23.2 Å². The van der Waals surface area contributed by atoms with Crippen molar-refractivity contribution in [3.8, 4) is 0 Å². The molecule has 0 aromatic carbocycles. The van der Waals surface area contributed by atoms with E-state index in [1.165, 1.54) is 17.7 Å². The second-order valence-corrected chi connectivity index (χ2v) is 5.78. The number of rotatable bonds is 6. The van der Waals surface area contributed by atoms with Gasteiger partial charge in [0.1, 0.15) is 16.9 Å². The summed E-state index contributed by atoms with van der Waals surface area (Å²) in [7, 11) is 0. The van der Waals surface area contributed by atoms with E-state index in [1.54, 1.807) is 6.20 Å². The molecule has 0 amide bonds. The molecule has 1 atom stereocenters. The zero-order chi connectivity index (χ0) is 16.4. The predicted molar refractivity (Wildman–Crippen MR) is 85.7 cm³/mol. The molecule has 3 aromatic heterocycles. The molecule has 0 aliphatic rings. The minimum atomic E-state index is -0.897. The van der Waals surface area contributed by atoms with Gasteiger partial charge in [-0.05, 0) is 43.0 Å². The minimum Gasteiger partial charge on any atom is -0.447 e. The molecule has 0 spiro atoms. The first kappa shape index (κ1) is 16.0. The normalized spacial score (nSPS) is 12.7. The number of alkyl halides is 1. The summed E-state index contributed by atoms with van der Waals surface area (Å²) in [5, 5.41) is 7.64. The van der Waals surface area contributed by atoms with Crippen LogP contribution in [0.4, 0.5) is 10.2 Å². The Hall–Kier alpha value is -1.86. The van der Waals surface area contributed by atoms with Crippen LogP contribution in [0.1, 0.15) is 24.8 Å². The molecular weight excluding hydrogens is 344 g/mol. The summed E-state index contributed by atoms with van der Waals surface area (Å²) < 4.78 is 19.7. The molecule has 0 saturated carbocycles. The van der Waals surface area contributed by atoms with Gasteiger partial charge in [0.15, 0.2) is 5.82 Å². The molecular formula is C14H14Cl2FN5O. The second kappa shape index (κ2) is 6.72. The Bertz CT molecular complexity index is 803. The van der Waals surface area contributed by atoms with Crippen LogP contribution in [-0.2, 0) is 13.0 Å². The lowest BCUT2D eigenvalue weighted by Gasteiger charge is -2.06. The van der Waals surface area contributed by atoms with Crippen LogP contribution in [-0.4, -0.2) is 25.8 Å². The monoisotopic (exact) mass is 357 g/mol. The first-order valence-electron chi connectivity index (χ1n) is 7.04. The molecule has 0 aliphatic carbocycles. The van der Waals surface area contributed by atoms with E-state index in [9.17, 15) is 4.39 Å². The Kier molecular flexibility index (Phi) is 4.68. The van der Waals surface area contributed by atoms with E-state index in [-0.39, 0.29) is 5.28 Å². The quantitative estimate of drug-likeness (QED) is 0.723. The second-order valence-electron chi connectivity index (χ2n) is 5.09. The third-order valence-corrected chi connectivity index (χ3v) is 3.88. The number of nitrogens with zero attached hydrogens (tertiary/aromatic N) is 4. The van der Waals surface area contributed by atoms with Crippen molar-refractivity contribution >= 4 is 34.5 Å². The summed E-state index contributed by atoms with van der Waals surface area (Å²) in [5.74, 6) is 1.02. The molecule has 1 N–H and O–H groups in total. The maximum Gasteiger partial charge on any atom is 0.243 e. The molecule has 0 aliphatic heterocycles. The van der Waals surface area contributed by atoms with Crippen molar-refractivity contribution in [3.63, 3.8) is 0 Å². The minimum absolute atomic E-state index is 0.0512. The lowest BCUT2D eigenvalue weighted by molar-refractivity contribution is 0.341. The summed E-state index contributed by atoms with van der Waals surface area (Å²) in [6.45, 7) is 1.86. The summed E-state index contributed by atoms with van der Waals surface area (Å²) in [6.07, 6.45) is 3.05. The van der Waals surface area contributed by atoms with Crippen molar-refractivity contribution < 1.29 is 8.81 Å². The third kappa shape index (κ3) is 3.56. The zero-order valence-corrected chi connectivity index (χ0v) is 13.8.